The van der Waals surface area contributed by atoms with Crippen molar-refractivity contribution in [3.63, 3.8) is 0 Å². The lowest BCUT2D eigenvalue weighted by Crippen LogP contribution is -2.13. The first-order valence-corrected chi connectivity index (χ1v) is 5.16. The number of nitriles is 1. The van der Waals surface area contributed by atoms with E-state index in [4.69, 9.17) is 10.00 Å². The van der Waals surface area contributed by atoms with Crippen LogP contribution >= 0.6 is 0 Å². The lowest BCUT2D eigenvalue weighted by Gasteiger charge is -2.05. The molecule has 0 heterocycles. The Morgan fingerprint density at radius 2 is 2.07 bits per heavy atom. The van der Waals surface area contributed by atoms with Gasteiger partial charge in [-0.05, 0) is 24.6 Å². The van der Waals surface area contributed by atoms with Gasteiger partial charge in [0, 0.05) is 19.5 Å². The predicted molar refractivity (Wildman–Crippen MR) is 59.5 cm³/mol. The van der Waals surface area contributed by atoms with Crippen LogP contribution in [0, 0.1) is 11.3 Å². The fourth-order valence-corrected chi connectivity index (χ4v) is 1.25. The van der Waals surface area contributed by atoms with E-state index < -0.39 is 0 Å². The van der Waals surface area contributed by atoms with E-state index in [1.165, 1.54) is 5.56 Å². The van der Waals surface area contributed by atoms with Gasteiger partial charge in [-0.15, -0.1) is 0 Å². The largest absolute Gasteiger partial charge is 0.494 e. The summed E-state index contributed by atoms with van der Waals surface area (Å²) >= 11 is 0. The first-order chi connectivity index (χ1) is 7.36. The Bertz CT molecular complexity index is 313. The van der Waals surface area contributed by atoms with Gasteiger partial charge < -0.3 is 10.1 Å². The number of hydrogen-bond donors (Lipinski definition) is 1. The molecule has 80 valence electrons. The minimum Gasteiger partial charge on any atom is -0.494 e. The average molecular weight is 204 g/mol. The molecule has 1 aromatic rings. The topological polar surface area (TPSA) is 45.0 Å². The van der Waals surface area contributed by atoms with Crippen LogP contribution in [0.4, 0.5) is 0 Å². The van der Waals surface area contributed by atoms with Crippen molar-refractivity contribution >= 4 is 0 Å². The molecule has 0 radical (unpaired) electrons. The molecule has 1 aromatic carbocycles. The Balaban J connectivity index is 2.33. The third kappa shape index (κ3) is 4.48. The summed E-state index contributed by atoms with van der Waals surface area (Å²) in [5, 5.41) is 11.5. The van der Waals surface area contributed by atoms with Gasteiger partial charge in [-0.3, -0.25) is 0 Å². The summed E-state index contributed by atoms with van der Waals surface area (Å²) < 4.78 is 5.34. The molecule has 0 unspecified atom stereocenters. The molecule has 15 heavy (non-hydrogen) atoms. The van der Waals surface area contributed by atoms with Crippen LogP contribution in [0.15, 0.2) is 24.3 Å². The van der Waals surface area contributed by atoms with Crippen molar-refractivity contribution in [1.29, 1.82) is 5.26 Å². The van der Waals surface area contributed by atoms with Crippen LogP contribution in [0.3, 0.4) is 0 Å². The number of benzene rings is 1. The van der Waals surface area contributed by atoms with Gasteiger partial charge in [0.2, 0.25) is 0 Å². The monoisotopic (exact) mass is 204 g/mol. The van der Waals surface area contributed by atoms with Crippen LogP contribution in [0.1, 0.15) is 18.9 Å². The summed E-state index contributed by atoms with van der Waals surface area (Å²) in [6, 6.07) is 10.1. The van der Waals surface area contributed by atoms with Gasteiger partial charge in [-0.1, -0.05) is 12.1 Å². The Labute approximate surface area is 90.7 Å². The molecule has 0 fully saturated rings. The first-order valence-electron chi connectivity index (χ1n) is 5.16. The van der Waals surface area contributed by atoms with Crippen LogP contribution in [0.25, 0.3) is 0 Å². The molecule has 0 amide bonds. The standard InChI is InChI=1S/C12H16N2O/c1-2-15-12-6-4-11(5-7-12)10-14-9-3-8-13/h4-7,14H,2-3,9-10H2,1H3. The highest BCUT2D eigenvalue weighted by molar-refractivity contribution is 5.27. The van der Waals surface area contributed by atoms with Crippen molar-refractivity contribution in [3.05, 3.63) is 29.8 Å². The number of rotatable bonds is 6. The summed E-state index contributed by atoms with van der Waals surface area (Å²) in [5.41, 5.74) is 1.20. The molecule has 1 N–H and O–H groups in total. The van der Waals surface area contributed by atoms with Crippen LogP contribution in [-0.4, -0.2) is 13.2 Å². The quantitative estimate of drug-likeness (QED) is 0.722. The van der Waals surface area contributed by atoms with Crippen molar-refractivity contribution < 1.29 is 4.74 Å². The lowest BCUT2D eigenvalue weighted by atomic mass is 10.2. The van der Waals surface area contributed by atoms with E-state index >= 15 is 0 Å². The minimum absolute atomic E-state index is 0.553. The maximum Gasteiger partial charge on any atom is 0.119 e. The highest BCUT2D eigenvalue weighted by atomic mass is 16.5. The van der Waals surface area contributed by atoms with Gasteiger partial charge in [0.15, 0.2) is 0 Å². The van der Waals surface area contributed by atoms with Gasteiger partial charge in [0.25, 0.3) is 0 Å². The Morgan fingerprint density at radius 1 is 1.33 bits per heavy atom. The molecule has 0 atom stereocenters. The molecule has 0 saturated heterocycles. The normalized spacial score (nSPS) is 9.60. The molecule has 0 aliphatic rings. The second kappa shape index (κ2) is 6.86. The summed E-state index contributed by atoms with van der Waals surface area (Å²) in [7, 11) is 0. The van der Waals surface area contributed by atoms with Crippen molar-refractivity contribution in [2.75, 3.05) is 13.2 Å². The third-order valence-corrected chi connectivity index (χ3v) is 1.98. The summed E-state index contributed by atoms with van der Waals surface area (Å²) in [4.78, 5) is 0. The molecule has 0 aliphatic carbocycles. The molecule has 3 nitrogen and oxygen atoms in total. The molecule has 1 rings (SSSR count). The van der Waals surface area contributed by atoms with E-state index in [-0.39, 0.29) is 0 Å². The van der Waals surface area contributed by atoms with E-state index in [1.807, 2.05) is 31.2 Å². The molecule has 0 aromatic heterocycles. The molecule has 0 spiro atoms. The minimum atomic E-state index is 0.553. The van der Waals surface area contributed by atoms with Crippen molar-refractivity contribution in [2.45, 2.75) is 19.9 Å². The van der Waals surface area contributed by atoms with Crippen molar-refractivity contribution in [1.82, 2.24) is 5.32 Å². The summed E-state index contributed by atoms with van der Waals surface area (Å²) in [6.45, 7) is 4.20. The Kier molecular flexibility index (Phi) is 5.28. The second-order valence-corrected chi connectivity index (χ2v) is 3.16. The van der Waals surface area contributed by atoms with E-state index in [0.29, 0.717) is 13.0 Å². The molecular weight excluding hydrogens is 188 g/mol. The van der Waals surface area contributed by atoms with Gasteiger partial charge in [-0.2, -0.15) is 5.26 Å². The SMILES string of the molecule is CCOc1ccc(CNCCC#N)cc1. The van der Waals surface area contributed by atoms with Gasteiger partial charge in [-0.25, -0.2) is 0 Å². The molecule has 0 bridgehead atoms. The van der Waals surface area contributed by atoms with Crippen molar-refractivity contribution in [3.8, 4) is 11.8 Å². The summed E-state index contributed by atoms with van der Waals surface area (Å²) in [6.07, 6.45) is 0.553. The van der Waals surface area contributed by atoms with Gasteiger partial charge in [0.1, 0.15) is 5.75 Å². The van der Waals surface area contributed by atoms with Crippen LogP contribution in [0.5, 0.6) is 5.75 Å². The number of nitrogens with zero attached hydrogens (tertiary/aromatic N) is 1. The Hall–Kier alpha value is -1.53. The van der Waals surface area contributed by atoms with Crippen LogP contribution < -0.4 is 10.1 Å². The van der Waals surface area contributed by atoms with E-state index in [2.05, 4.69) is 11.4 Å². The zero-order valence-corrected chi connectivity index (χ0v) is 8.99. The summed E-state index contributed by atoms with van der Waals surface area (Å²) in [5.74, 6) is 0.901. The molecule has 0 aliphatic heterocycles. The predicted octanol–water partition coefficient (Wildman–Crippen LogP) is 2.09. The van der Waals surface area contributed by atoms with E-state index in [1.54, 1.807) is 0 Å². The molecule has 0 saturated carbocycles. The maximum atomic E-state index is 8.35. The zero-order valence-electron chi connectivity index (χ0n) is 8.99. The average Bonchev–Trinajstić information content (AvgIpc) is 2.27. The fourth-order valence-electron chi connectivity index (χ4n) is 1.25. The maximum absolute atomic E-state index is 8.35. The number of nitrogens with one attached hydrogen (secondary N) is 1. The van der Waals surface area contributed by atoms with Crippen LogP contribution in [0.2, 0.25) is 0 Å². The zero-order chi connectivity index (χ0) is 10.9. The third-order valence-electron chi connectivity index (χ3n) is 1.98. The fraction of sp³-hybridized carbons (Fsp3) is 0.417. The van der Waals surface area contributed by atoms with Crippen LogP contribution in [-0.2, 0) is 6.54 Å². The second-order valence-electron chi connectivity index (χ2n) is 3.16. The van der Waals surface area contributed by atoms with Gasteiger partial charge >= 0.3 is 0 Å². The van der Waals surface area contributed by atoms with Gasteiger partial charge in [0.05, 0.1) is 12.7 Å². The molecule has 3 heteroatoms. The number of ether oxygens (including phenoxy) is 1. The smallest absolute Gasteiger partial charge is 0.119 e. The first kappa shape index (κ1) is 11.5. The lowest BCUT2D eigenvalue weighted by molar-refractivity contribution is 0.340. The number of hydrogen-bond acceptors (Lipinski definition) is 3. The highest BCUT2D eigenvalue weighted by Crippen LogP contribution is 2.11. The highest BCUT2D eigenvalue weighted by Gasteiger charge is 1.94. The molecular formula is C12H16N2O. The van der Waals surface area contributed by atoms with Crippen molar-refractivity contribution in [2.24, 2.45) is 0 Å². The Morgan fingerprint density at radius 3 is 2.67 bits per heavy atom. The van der Waals surface area contributed by atoms with E-state index in [0.717, 1.165) is 18.8 Å². The van der Waals surface area contributed by atoms with E-state index in [9.17, 15) is 0 Å².